The average Bonchev–Trinajstić information content (AvgIpc) is 2.89. The van der Waals surface area contributed by atoms with Crippen LogP contribution >= 0.6 is 0 Å². The molecule has 2 heterocycles. The molecule has 1 aliphatic rings. The van der Waals surface area contributed by atoms with Gasteiger partial charge < -0.3 is 13.7 Å². The Morgan fingerprint density at radius 2 is 2.25 bits per heavy atom. The van der Waals surface area contributed by atoms with Gasteiger partial charge in [0.15, 0.2) is 6.61 Å². The second-order valence-corrected chi connectivity index (χ2v) is 4.41. The van der Waals surface area contributed by atoms with Crippen LogP contribution in [0, 0.1) is 11.8 Å². The Morgan fingerprint density at radius 1 is 1.44 bits per heavy atom. The van der Waals surface area contributed by atoms with E-state index >= 15 is 0 Å². The van der Waals surface area contributed by atoms with Crippen LogP contribution in [0.15, 0.2) is 16.9 Å². The molecule has 4 heteroatoms. The van der Waals surface area contributed by atoms with Gasteiger partial charge in [0.2, 0.25) is 0 Å². The van der Waals surface area contributed by atoms with Gasteiger partial charge in [-0.2, -0.15) is 0 Å². The minimum Gasteiger partial charge on any atom is -0.462 e. The molecule has 1 aromatic rings. The zero-order chi connectivity index (χ0) is 11.3. The molecule has 86 valence electrons. The summed E-state index contributed by atoms with van der Waals surface area (Å²) in [6, 6.07) is 1.68. The Balaban J connectivity index is 1.70. The molecule has 1 aliphatic heterocycles. The lowest BCUT2D eigenvalue weighted by molar-refractivity contribution is -0.890. The molecule has 0 spiro atoms. The van der Waals surface area contributed by atoms with Crippen LogP contribution in [0.4, 0.5) is 0 Å². The number of ether oxygens (including phenoxy) is 1. The summed E-state index contributed by atoms with van der Waals surface area (Å²) in [5.74, 6) is 6.67. The first-order chi connectivity index (χ1) is 7.79. The third-order valence-corrected chi connectivity index (χ3v) is 2.94. The fourth-order valence-corrected chi connectivity index (χ4v) is 1.94. The maximum absolute atomic E-state index is 5.26. The molecule has 0 saturated carbocycles. The highest BCUT2D eigenvalue weighted by atomic mass is 16.5. The number of hydrogen-bond donors (Lipinski definition) is 0. The van der Waals surface area contributed by atoms with Crippen molar-refractivity contribution in [3.8, 4) is 17.7 Å². The molecule has 2 rings (SSSR count). The molecule has 0 aromatic carbocycles. The number of likely N-dealkylation sites (tertiary alicyclic amines) is 1. The van der Waals surface area contributed by atoms with E-state index in [1.54, 1.807) is 6.07 Å². The standard InChI is InChI=1S/C12H17N2O2/c1-14(7-2-3-8-14)9-4-5-10-15-12-6-11-16-13-12/h6,11H,2-3,7-10H2,1H3/q+1. The van der Waals surface area contributed by atoms with E-state index in [2.05, 4.69) is 28.6 Å². The number of quaternary nitrogens is 1. The van der Waals surface area contributed by atoms with E-state index in [4.69, 9.17) is 4.74 Å². The van der Waals surface area contributed by atoms with Gasteiger partial charge in [-0.05, 0) is 11.1 Å². The van der Waals surface area contributed by atoms with Crippen LogP contribution in [-0.4, -0.2) is 42.9 Å². The zero-order valence-electron chi connectivity index (χ0n) is 9.61. The number of nitrogens with zero attached hydrogens (tertiary/aromatic N) is 2. The van der Waals surface area contributed by atoms with Crippen LogP contribution in [0.1, 0.15) is 12.8 Å². The van der Waals surface area contributed by atoms with Gasteiger partial charge in [0.25, 0.3) is 5.88 Å². The molecule has 0 N–H and O–H groups in total. The van der Waals surface area contributed by atoms with Gasteiger partial charge in [-0.15, -0.1) is 0 Å². The molecule has 0 atom stereocenters. The Hall–Kier alpha value is -1.47. The lowest BCUT2D eigenvalue weighted by atomic mass is 10.4. The van der Waals surface area contributed by atoms with Gasteiger partial charge in [-0.1, -0.05) is 5.92 Å². The fraction of sp³-hybridized carbons (Fsp3) is 0.583. The predicted octanol–water partition coefficient (Wildman–Crippen LogP) is 1.30. The summed E-state index contributed by atoms with van der Waals surface area (Å²) < 4.78 is 11.0. The van der Waals surface area contributed by atoms with Crippen molar-refractivity contribution in [3.63, 3.8) is 0 Å². The van der Waals surface area contributed by atoms with E-state index in [9.17, 15) is 0 Å². The quantitative estimate of drug-likeness (QED) is 0.570. The number of aromatic nitrogens is 1. The maximum atomic E-state index is 5.26. The van der Waals surface area contributed by atoms with E-state index in [1.165, 1.54) is 32.2 Å². The van der Waals surface area contributed by atoms with E-state index in [-0.39, 0.29) is 0 Å². The van der Waals surface area contributed by atoms with Gasteiger partial charge in [0.1, 0.15) is 12.8 Å². The summed E-state index contributed by atoms with van der Waals surface area (Å²) in [5.41, 5.74) is 0. The van der Waals surface area contributed by atoms with E-state index in [0.717, 1.165) is 11.0 Å². The van der Waals surface area contributed by atoms with Crippen molar-refractivity contribution in [2.24, 2.45) is 0 Å². The van der Waals surface area contributed by atoms with Crippen LogP contribution in [0.25, 0.3) is 0 Å². The molecular weight excluding hydrogens is 204 g/mol. The summed E-state index contributed by atoms with van der Waals surface area (Å²) in [4.78, 5) is 0. The largest absolute Gasteiger partial charge is 0.462 e. The van der Waals surface area contributed by atoms with E-state index in [0.29, 0.717) is 12.5 Å². The van der Waals surface area contributed by atoms with Crippen LogP contribution in [0.5, 0.6) is 5.88 Å². The molecule has 0 bridgehead atoms. The second-order valence-electron chi connectivity index (χ2n) is 4.41. The summed E-state index contributed by atoms with van der Waals surface area (Å²) in [7, 11) is 2.26. The predicted molar refractivity (Wildman–Crippen MR) is 59.8 cm³/mol. The Bertz CT molecular complexity index is 369. The first-order valence-corrected chi connectivity index (χ1v) is 5.61. The van der Waals surface area contributed by atoms with Gasteiger partial charge in [0.05, 0.1) is 20.1 Å². The van der Waals surface area contributed by atoms with Crippen molar-refractivity contribution in [1.29, 1.82) is 0 Å². The monoisotopic (exact) mass is 221 g/mol. The summed E-state index contributed by atoms with van der Waals surface area (Å²) in [5, 5.41) is 3.64. The first-order valence-electron chi connectivity index (χ1n) is 5.61. The van der Waals surface area contributed by atoms with Gasteiger partial charge in [0, 0.05) is 18.9 Å². The molecule has 1 fully saturated rings. The third-order valence-electron chi connectivity index (χ3n) is 2.94. The molecule has 0 radical (unpaired) electrons. The molecular formula is C12H17N2O2+. The second kappa shape index (κ2) is 5.04. The van der Waals surface area contributed by atoms with Crippen LogP contribution in [0.3, 0.4) is 0 Å². The third kappa shape index (κ3) is 3.01. The number of hydrogen-bond acceptors (Lipinski definition) is 3. The highest BCUT2D eigenvalue weighted by molar-refractivity contribution is 5.06. The molecule has 4 nitrogen and oxygen atoms in total. The topological polar surface area (TPSA) is 35.3 Å². The molecule has 0 unspecified atom stereocenters. The van der Waals surface area contributed by atoms with Gasteiger partial charge in [-0.3, -0.25) is 0 Å². The Morgan fingerprint density at radius 3 is 2.94 bits per heavy atom. The SMILES string of the molecule is C[N+]1(CC#CCOc2ccon2)CCCC1. The van der Waals surface area contributed by atoms with Gasteiger partial charge >= 0.3 is 0 Å². The summed E-state index contributed by atoms with van der Waals surface area (Å²) >= 11 is 0. The van der Waals surface area contributed by atoms with Crippen molar-refractivity contribution >= 4 is 0 Å². The fourth-order valence-electron chi connectivity index (χ4n) is 1.94. The molecule has 1 aromatic heterocycles. The lowest BCUT2D eigenvalue weighted by Crippen LogP contribution is -2.40. The van der Waals surface area contributed by atoms with Crippen molar-refractivity contribution < 1.29 is 13.7 Å². The maximum Gasteiger partial charge on any atom is 0.254 e. The van der Waals surface area contributed by atoms with Crippen LogP contribution < -0.4 is 4.74 Å². The van der Waals surface area contributed by atoms with E-state index < -0.39 is 0 Å². The van der Waals surface area contributed by atoms with Crippen LogP contribution in [0.2, 0.25) is 0 Å². The summed E-state index contributed by atoms with van der Waals surface area (Å²) in [6.07, 6.45) is 4.14. The normalized spacial score (nSPS) is 17.8. The van der Waals surface area contributed by atoms with Gasteiger partial charge in [-0.25, -0.2) is 0 Å². The minimum atomic E-state index is 0.381. The minimum absolute atomic E-state index is 0.381. The lowest BCUT2D eigenvalue weighted by Gasteiger charge is -2.26. The molecule has 1 saturated heterocycles. The molecule has 0 amide bonds. The van der Waals surface area contributed by atoms with Crippen molar-refractivity contribution in [2.45, 2.75) is 12.8 Å². The summed E-state index contributed by atoms with van der Waals surface area (Å²) in [6.45, 7) is 3.80. The smallest absolute Gasteiger partial charge is 0.254 e. The molecule has 0 aliphatic carbocycles. The zero-order valence-corrected chi connectivity index (χ0v) is 9.61. The van der Waals surface area contributed by atoms with Crippen molar-refractivity contribution in [1.82, 2.24) is 5.16 Å². The van der Waals surface area contributed by atoms with Crippen molar-refractivity contribution in [3.05, 3.63) is 12.3 Å². The Kier molecular flexibility index (Phi) is 3.47. The number of rotatable bonds is 3. The Labute approximate surface area is 95.8 Å². The highest BCUT2D eigenvalue weighted by Crippen LogP contribution is 2.14. The average molecular weight is 221 g/mol. The van der Waals surface area contributed by atoms with E-state index in [1.807, 2.05) is 0 Å². The van der Waals surface area contributed by atoms with Crippen LogP contribution in [-0.2, 0) is 0 Å². The van der Waals surface area contributed by atoms with Crippen molar-refractivity contribution in [2.75, 3.05) is 33.3 Å². The highest BCUT2D eigenvalue weighted by Gasteiger charge is 2.25. The molecule has 16 heavy (non-hydrogen) atoms. The first kappa shape index (κ1) is 11.0.